The molecule has 2 amide bonds. The van der Waals surface area contributed by atoms with Crippen molar-refractivity contribution in [2.24, 2.45) is 0 Å². The Balaban J connectivity index is 1.98. The second kappa shape index (κ2) is 8.41. The normalized spacial score (nSPS) is 12.6. The van der Waals surface area contributed by atoms with Gasteiger partial charge in [-0.1, -0.05) is 13.3 Å². The molecule has 23 heavy (non-hydrogen) atoms. The van der Waals surface area contributed by atoms with Crippen molar-refractivity contribution < 1.29 is 19.1 Å². The molecule has 0 fully saturated rings. The first-order valence-corrected chi connectivity index (χ1v) is 8.06. The van der Waals surface area contributed by atoms with E-state index in [0.717, 1.165) is 12.8 Å². The minimum Gasteiger partial charge on any atom is -0.486 e. The molecule has 0 unspecified atom stereocenters. The number of nitrogens with zero attached hydrogens (tertiary/aromatic N) is 1. The Morgan fingerprint density at radius 3 is 2.65 bits per heavy atom. The average Bonchev–Trinajstić information content (AvgIpc) is 2.55. The highest BCUT2D eigenvalue weighted by Gasteiger charge is 2.18. The maximum Gasteiger partial charge on any atom is 0.223 e. The molecule has 126 valence electrons. The van der Waals surface area contributed by atoms with Crippen LogP contribution in [0.3, 0.4) is 0 Å². The van der Waals surface area contributed by atoms with Gasteiger partial charge in [0.1, 0.15) is 13.2 Å². The van der Waals surface area contributed by atoms with E-state index in [1.54, 1.807) is 17.0 Å². The summed E-state index contributed by atoms with van der Waals surface area (Å²) in [7, 11) is 0. The van der Waals surface area contributed by atoms with Gasteiger partial charge >= 0.3 is 0 Å². The van der Waals surface area contributed by atoms with Crippen molar-refractivity contribution in [1.29, 1.82) is 0 Å². The van der Waals surface area contributed by atoms with Crippen LogP contribution >= 0.6 is 0 Å². The van der Waals surface area contributed by atoms with Gasteiger partial charge in [0, 0.05) is 38.2 Å². The number of amides is 2. The van der Waals surface area contributed by atoms with Crippen molar-refractivity contribution in [3.05, 3.63) is 18.2 Å². The van der Waals surface area contributed by atoms with E-state index in [1.807, 2.05) is 6.07 Å². The number of carbonyl (C=O) groups excluding carboxylic acids is 2. The predicted molar refractivity (Wildman–Crippen MR) is 88.0 cm³/mol. The maximum absolute atomic E-state index is 11.9. The Morgan fingerprint density at radius 1 is 1.22 bits per heavy atom. The van der Waals surface area contributed by atoms with Gasteiger partial charge in [0.05, 0.1) is 0 Å². The van der Waals surface area contributed by atoms with Gasteiger partial charge < -0.3 is 19.7 Å². The highest BCUT2D eigenvalue weighted by molar-refractivity contribution is 5.92. The quantitative estimate of drug-likeness (QED) is 0.781. The van der Waals surface area contributed by atoms with E-state index in [9.17, 15) is 9.59 Å². The highest BCUT2D eigenvalue weighted by Crippen LogP contribution is 2.34. The Hall–Kier alpha value is -2.24. The van der Waals surface area contributed by atoms with Gasteiger partial charge in [0.2, 0.25) is 11.8 Å². The molecule has 1 aliphatic rings. The molecule has 0 atom stereocenters. The third-order valence-electron chi connectivity index (χ3n) is 3.63. The molecule has 0 spiro atoms. The lowest BCUT2D eigenvalue weighted by atomic mass is 10.2. The lowest BCUT2D eigenvalue weighted by Gasteiger charge is -2.24. The lowest BCUT2D eigenvalue weighted by molar-refractivity contribution is -0.121. The first-order chi connectivity index (χ1) is 11.1. The number of rotatable bonds is 7. The summed E-state index contributed by atoms with van der Waals surface area (Å²) < 4.78 is 11.0. The third kappa shape index (κ3) is 4.87. The summed E-state index contributed by atoms with van der Waals surface area (Å²) in [6.07, 6.45) is 2.28. The Labute approximate surface area is 136 Å². The smallest absolute Gasteiger partial charge is 0.223 e. The molecule has 0 saturated carbocycles. The summed E-state index contributed by atoms with van der Waals surface area (Å²) in [5, 5.41) is 2.86. The van der Waals surface area contributed by atoms with E-state index < -0.39 is 0 Å². The van der Waals surface area contributed by atoms with Crippen LogP contribution in [0.4, 0.5) is 5.69 Å². The predicted octanol–water partition coefficient (Wildman–Crippen LogP) is 2.12. The molecule has 2 rings (SSSR count). The zero-order valence-electron chi connectivity index (χ0n) is 13.8. The molecule has 0 aliphatic carbocycles. The summed E-state index contributed by atoms with van der Waals surface area (Å²) >= 11 is 0. The lowest BCUT2D eigenvalue weighted by Crippen LogP contribution is -2.34. The van der Waals surface area contributed by atoms with Crippen molar-refractivity contribution in [1.82, 2.24) is 5.32 Å². The number of anilines is 1. The first kappa shape index (κ1) is 17.1. The minimum absolute atomic E-state index is 0.0396. The molecular formula is C17H24N2O4. The summed E-state index contributed by atoms with van der Waals surface area (Å²) in [5.41, 5.74) is 0.711. The van der Waals surface area contributed by atoms with Crippen LogP contribution in [-0.4, -0.2) is 38.1 Å². The fourth-order valence-corrected chi connectivity index (χ4v) is 2.37. The van der Waals surface area contributed by atoms with Gasteiger partial charge in [-0.2, -0.15) is 0 Å². The van der Waals surface area contributed by atoms with Crippen molar-refractivity contribution >= 4 is 17.5 Å². The molecule has 0 bridgehead atoms. The summed E-state index contributed by atoms with van der Waals surface area (Å²) in [5.74, 6) is 1.17. The Morgan fingerprint density at radius 2 is 1.96 bits per heavy atom. The van der Waals surface area contributed by atoms with E-state index in [2.05, 4.69) is 12.2 Å². The van der Waals surface area contributed by atoms with Gasteiger partial charge in [-0.05, 0) is 18.6 Å². The number of fused-ring (bicyclic) bond motifs is 1. The number of nitrogens with one attached hydrogen (secondary N) is 1. The molecule has 1 aromatic rings. The van der Waals surface area contributed by atoms with Crippen LogP contribution in [0.15, 0.2) is 18.2 Å². The second-order valence-corrected chi connectivity index (χ2v) is 5.45. The summed E-state index contributed by atoms with van der Waals surface area (Å²) in [6, 6.07) is 5.38. The van der Waals surface area contributed by atoms with E-state index in [-0.39, 0.29) is 18.2 Å². The molecule has 6 heteroatoms. The molecule has 0 radical (unpaired) electrons. The SMILES string of the molecule is CCCCNC(=O)CCN(C(C)=O)c1ccc2c(c1)OCCO2. The van der Waals surface area contributed by atoms with Crippen LogP contribution in [0.1, 0.15) is 33.1 Å². The molecule has 0 aromatic heterocycles. The third-order valence-corrected chi connectivity index (χ3v) is 3.63. The van der Waals surface area contributed by atoms with Crippen molar-refractivity contribution in [3.63, 3.8) is 0 Å². The van der Waals surface area contributed by atoms with Gasteiger partial charge in [-0.15, -0.1) is 0 Å². The van der Waals surface area contributed by atoms with Crippen LogP contribution in [0.5, 0.6) is 11.5 Å². The molecule has 0 saturated heterocycles. The van der Waals surface area contributed by atoms with E-state index >= 15 is 0 Å². The second-order valence-electron chi connectivity index (χ2n) is 5.45. The molecule has 1 heterocycles. The molecule has 1 N–H and O–H groups in total. The van der Waals surface area contributed by atoms with Gasteiger partial charge in [-0.25, -0.2) is 0 Å². The van der Waals surface area contributed by atoms with Crippen LogP contribution in [0, 0.1) is 0 Å². The first-order valence-electron chi connectivity index (χ1n) is 8.06. The summed E-state index contributed by atoms with van der Waals surface area (Å²) in [6.45, 7) is 5.61. The molecule has 1 aromatic carbocycles. The van der Waals surface area contributed by atoms with Crippen LogP contribution < -0.4 is 19.7 Å². The molecule has 1 aliphatic heterocycles. The number of carbonyl (C=O) groups is 2. The Bertz CT molecular complexity index is 560. The maximum atomic E-state index is 11.9. The average molecular weight is 320 g/mol. The van der Waals surface area contributed by atoms with E-state index in [4.69, 9.17) is 9.47 Å². The Kier molecular flexibility index (Phi) is 6.26. The van der Waals surface area contributed by atoms with Crippen molar-refractivity contribution in [3.8, 4) is 11.5 Å². The number of benzene rings is 1. The van der Waals surface area contributed by atoms with E-state index in [0.29, 0.717) is 43.5 Å². The van der Waals surface area contributed by atoms with E-state index in [1.165, 1.54) is 6.92 Å². The fourth-order valence-electron chi connectivity index (χ4n) is 2.37. The summed E-state index contributed by atoms with van der Waals surface area (Å²) in [4.78, 5) is 25.3. The van der Waals surface area contributed by atoms with Crippen molar-refractivity contribution in [2.75, 3.05) is 31.2 Å². The zero-order valence-corrected chi connectivity index (χ0v) is 13.8. The standard InChI is InChI=1S/C17H24N2O4/c1-3-4-8-18-17(21)7-9-19(13(2)20)14-5-6-15-16(12-14)23-11-10-22-15/h5-6,12H,3-4,7-11H2,1-2H3,(H,18,21). The number of ether oxygens (including phenoxy) is 2. The number of unbranched alkanes of at least 4 members (excludes halogenated alkanes) is 1. The molecule has 6 nitrogen and oxygen atoms in total. The number of hydrogen-bond acceptors (Lipinski definition) is 4. The van der Waals surface area contributed by atoms with Crippen LogP contribution in [0.2, 0.25) is 0 Å². The topological polar surface area (TPSA) is 67.9 Å². The zero-order chi connectivity index (χ0) is 16.7. The van der Waals surface area contributed by atoms with Gasteiger partial charge in [-0.3, -0.25) is 9.59 Å². The van der Waals surface area contributed by atoms with Gasteiger partial charge in [0.25, 0.3) is 0 Å². The minimum atomic E-state index is -0.108. The molecular weight excluding hydrogens is 296 g/mol. The monoisotopic (exact) mass is 320 g/mol. The van der Waals surface area contributed by atoms with Crippen LogP contribution in [0.25, 0.3) is 0 Å². The largest absolute Gasteiger partial charge is 0.486 e. The van der Waals surface area contributed by atoms with Crippen molar-refractivity contribution in [2.45, 2.75) is 33.1 Å². The highest BCUT2D eigenvalue weighted by atomic mass is 16.6. The van der Waals surface area contributed by atoms with Crippen LogP contribution in [-0.2, 0) is 9.59 Å². The van der Waals surface area contributed by atoms with Gasteiger partial charge in [0.15, 0.2) is 11.5 Å². The number of hydrogen-bond donors (Lipinski definition) is 1. The fraction of sp³-hybridized carbons (Fsp3) is 0.529.